The van der Waals surface area contributed by atoms with Crippen LogP contribution in [0.25, 0.3) is 0 Å². The zero-order chi connectivity index (χ0) is 15.8. The van der Waals surface area contributed by atoms with Gasteiger partial charge in [0.25, 0.3) is 0 Å². The molecule has 0 radical (unpaired) electrons. The molecule has 0 aromatic heterocycles. The van der Waals surface area contributed by atoms with Crippen LogP contribution in [-0.2, 0) is 0 Å². The van der Waals surface area contributed by atoms with Crippen molar-refractivity contribution in [2.24, 2.45) is 0 Å². The summed E-state index contributed by atoms with van der Waals surface area (Å²) in [5, 5.41) is 0.421. The van der Waals surface area contributed by atoms with Gasteiger partial charge < -0.3 is 4.90 Å². The summed E-state index contributed by atoms with van der Waals surface area (Å²) in [5.41, 5.74) is 0.446. The molecule has 0 spiro atoms. The Morgan fingerprint density at radius 2 is 1.43 bits per heavy atom. The van der Waals surface area contributed by atoms with Gasteiger partial charge in [-0.15, -0.1) is 0 Å². The lowest BCUT2D eigenvalue weighted by Gasteiger charge is -2.47. The normalized spacial score (nSPS) is 19.2. The van der Waals surface area contributed by atoms with Gasteiger partial charge in [-0.05, 0) is 44.5 Å². The molecule has 3 heteroatoms. The monoisotopic (exact) mass is 291 g/mol. The third kappa shape index (κ3) is 6.00. The van der Waals surface area contributed by atoms with Crippen LogP contribution in [0.5, 0.6) is 0 Å². The summed E-state index contributed by atoms with van der Waals surface area (Å²) in [6, 6.07) is 0. The zero-order valence-electron chi connectivity index (χ0n) is 15.6. The second-order valence-corrected chi connectivity index (χ2v) is 8.19. The van der Waals surface area contributed by atoms with E-state index in [-0.39, 0.29) is 0 Å². The first-order valence-corrected chi connectivity index (χ1v) is 9.74. The van der Waals surface area contributed by atoms with Crippen LogP contribution in [0.3, 0.4) is 0 Å². The van der Waals surface area contributed by atoms with Crippen LogP contribution in [-0.4, -0.2) is 38.0 Å². The largest absolute Gasteiger partial charge is 0.308 e. The van der Waals surface area contributed by atoms with Crippen LogP contribution in [0.2, 0.25) is 0 Å². The molecular weight excluding hydrogens is 252 g/mol. The number of nitrogens with zero attached hydrogens (tertiary/aromatic N) is 1. The second-order valence-electron chi connectivity index (χ2n) is 8.19. The van der Waals surface area contributed by atoms with Crippen LogP contribution in [0.1, 0.15) is 97.8 Å². The van der Waals surface area contributed by atoms with Crippen molar-refractivity contribution >= 4 is 15.7 Å². The highest BCUT2D eigenvalue weighted by Gasteiger charge is 2.42. The van der Waals surface area contributed by atoms with Crippen LogP contribution < -0.4 is 0 Å². The van der Waals surface area contributed by atoms with Crippen LogP contribution in [0.4, 0.5) is 0 Å². The molecular formula is C18H39B2N. The Bertz CT molecular complexity index is 266. The van der Waals surface area contributed by atoms with Crippen LogP contribution in [0.15, 0.2) is 0 Å². The van der Waals surface area contributed by atoms with Crippen molar-refractivity contribution in [3.63, 3.8) is 0 Å². The molecule has 0 aliphatic carbocycles. The topological polar surface area (TPSA) is 3.24 Å². The quantitative estimate of drug-likeness (QED) is 0.414. The summed E-state index contributed by atoms with van der Waals surface area (Å²) in [4.78, 5) is 2.87. The van der Waals surface area contributed by atoms with E-state index in [2.05, 4.69) is 41.4 Å². The maximum atomic E-state index is 2.87. The molecule has 1 fully saturated rings. The van der Waals surface area contributed by atoms with Gasteiger partial charge in [0.05, 0.1) is 0 Å². The minimum atomic E-state index is 0.421. The summed E-state index contributed by atoms with van der Waals surface area (Å²) in [5.74, 6) is 0. The Morgan fingerprint density at radius 3 is 1.81 bits per heavy atom. The smallest absolute Gasteiger partial charge is 0.117 e. The lowest BCUT2D eigenvalue weighted by atomic mass is 9.59. The third-order valence-electron chi connectivity index (χ3n) is 5.69. The Morgan fingerprint density at radius 1 is 0.905 bits per heavy atom. The maximum absolute atomic E-state index is 2.87. The summed E-state index contributed by atoms with van der Waals surface area (Å²) < 4.78 is 0. The van der Waals surface area contributed by atoms with Crippen molar-refractivity contribution in [1.82, 2.24) is 4.90 Å². The average Bonchev–Trinajstić information content (AvgIpc) is 2.80. The molecule has 1 saturated heterocycles. The van der Waals surface area contributed by atoms with Gasteiger partial charge in [0.15, 0.2) is 0 Å². The minimum absolute atomic E-state index is 0.421. The molecule has 122 valence electrons. The van der Waals surface area contributed by atoms with Crippen LogP contribution in [0, 0.1) is 0 Å². The average molecular weight is 291 g/mol. The van der Waals surface area contributed by atoms with Gasteiger partial charge in [-0.1, -0.05) is 65.2 Å². The molecule has 1 aliphatic heterocycles. The van der Waals surface area contributed by atoms with Crippen molar-refractivity contribution in [3.8, 4) is 0 Å². The molecule has 0 atom stereocenters. The summed E-state index contributed by atoms with van der Waals surface area (Å²) >= 11 is 0. The van der Waals surface area contributed by atoms with Crippen LogP contribution >= 0.6 is 0 Å². The number of hydrogen-bond acceptors (Lipinski definition) is 1. The Kier molecular flexibility index (Phi) is 8.46. The van der Waals surface area contributed by atoms with Crippen molar-refractivity contribution in [1.29, 1.82) is 0 Å². The number of unbranched alkanes of at least 4 members (excludes halogenated alkanes) is 6. The van der Waals surface area contributed by atoms with E-state index in [0.717, 1.165) is 0 Å². The Balaban J connectivity index is 2.59. The first kappa shape index (κ1) is 19.1. The van der Waals surface area contributed by atoms with Crippen molar-refractivity contribution in [2.45, 2.75) is 109 Å². The first-order chi connectivity index (χ1) is 9.96. The molecule has 0 unspecified atom stereocenters. The van der Waals surface area contributed by atoms with E-state index in [0.29, 0.717) is 10.9 Å². The van der Waals surface area contributed by atoms with E-state index in [9.17, 15) is 0 Å². The SMILES string of the molecule is BC1(B)CCCN1C(C)(CCCCCC)CCCCCC. The lowest BCUT2D eigenvalue weighted by molar-refractivity contribution is 0.0793. The standard InChI is InChI=1S/C18H39B2N/c1-4-6-8-10-13-17(3,14-11-9-7-5-2)21-16-12-15-18(21,19)20/h4-16,19-20H2,1-3H3. The fourth-order valence-electron chi connectivity index (χ4n) is 4.37. The van der Waals surface area contributed by atoms with E-state index in [4.69, 9.17) is 0 Å². The van der Waals surface area contributed by atoms with E-state index in [1.807, 2.05) is 0 Å². The fraction of sp³-hybridized carbons (Fsp3) is 1.00. The highest BCUT2D eigenvalue weighted by Crippen LogP contribution is 2.37. The van der Waals surface area contributed by atoms with E-state index in [1.54, 1.807) is 0 Å². The third-order valence-corrected chi connectivity index (χ3v) is 5.69. The molecule has 1 rings (SSSR count). The molecule has 0 amide bonds. The number of rotatable bonds is 11. The summed E-state index contributed by atoms with van der Waals surface area (Å²) in [6.07, 6.45) is 16.8. The van der Waals surface area contributed by atoms with Gasteiger partial charge in [-0.3, -0.25) is 0 Å². The Hall–Kier alpha value is 0.0899. The van der Waals surface area contributed by atoms with Gasteiger partial charge in [-0.25, -0.2) is 0 Å². The van der Waals surface area contributed by atoms with Crippen molar-refractivity contribution < 1.29 is 0 Å². The number of likely N-dealkylation sites (tertiary alicyclic amines) is 1. The van der Waals surface area contributed by atoms with Gasteiger partial charge in [0.2, 0.25) is 0 Å². The minimum Gasteiger partial charge on any atom is -0.308 e. The van der Waals surface area contributed by atoms with Gasteiger partial charge in [0.1, 0.15) is 15.7 Å². The highest BCUT2D eigenvalue weighted by atomic mass is 15.2. The Labute approximate surface area is 136 Å². The molecule has 0 bridgehead atoms. The molecule has 0 aromatic rings. The zero-order valence-corrected chi connectivity index (χ0v) is 15.6. The van der Waals surface area contributed by atoms with Gasteiger partial charge in [0, 0.05) is 5.54 Å². The van der Waals surface area contributed by atoms with Gasteiger partial charge in [-0.2, -0.15) is 0 Å². The predicted molar refractivity (Wildman–Crippen MR) is 102 cm³/mol. The molecule has 0 aromatic carbocycles. The molecule has 0 saturated carbocycles. The van der Waals surface area contributed by atoms with E-state index in [1.165, 1.54) is 83.6 Å². The summed E-state index contributed by atoms with van der Waals surface area (Å²) in [7, 11) is 4.94. The maximum Gasteiger partial charge on any atom is 0.117 e. The molecule has 21 heavy (non-hydrogen) atoms. The second kappa shape index (κ2) is 9.28. The molecule has 1 heterocycles. The highest BCUT2D eigenvalue weighted by molar-refractivity contribution is 6.40. The van der Waals surface area contributed by atoms with Crippen molar-refractivity contribution in [2.75, 3.05) is 6.54 Å². The van der Waals surface area contributed by atoms with E-state index < -0.39 is 0 Å². The van der Waals surface area contributed by atoms with E-state index >= 15 is 0 Å². The predicted octanol–water partition coefficient (Wildman–Crippen LogP) is 3.70. The summed E-state index contributed by atoms with van der Waals surface area (Å²) in [6.45, 7) is 8.52. The molecule has 0 N–H and O–H groups in total. The molecule has 1 aliphatic rings. The first-order valence-electron chi connectivity index (χ1n) is 9.74. The lowest BCUT2D eigenvalue weighted by Crippen LogP contribution is -2.57. The fourth-order valence-corrected chi connectivity index (χ4v) is 4.37. The van der Waals surface area contributed by atoms with Gasteiger partial charge >= 0.3 is 0 Å². The number of hydrogen-bond donors (Lipinski definition) is 0. The van der Waals surface area contributed by atoms with Crippen molar-refractivity contribution in [3.05, 3.63) is 0 Å². The molecule has 1 nitrogen and oxygen atoms in total.